The second-order valence-electron chi connectivity index (χ2n) is 2.56. The SMILES string of the molecule is N[C@@H](C(=O)O)[C@H]1CC(C(=O)O)=NO1. The van der Waals surface area contributed by atoms with Gasteiger partial charge in [-0.25, -0.2) is 4.79 Å². The fraction of sp³-hybridized carbons (Fsp3) is 0.500. The first-order valence-corrected chi connectivity index (χ1v) is 3.46. The van der Waals surface area contributed by atoms with E-state index < -0.39 is 24.1 Å². The van der Waals surface area contributed by atoms with Gasteiger partial charge in [0, 0.05) is 6.42 Å². The highest BCUT2D eigenvalue weighted by molar-refractivity contribution is 6.35. The van der Waals surface area contributed by atoms with E-state index in [1.807, 2.05) is 0 Å². The van der Waals surface area contributed by atoms with E-state index in [1.54, 1.807) is 0 Å². The number of carboxylic acid groups (broad SMARTS) is 2. The fourth-order valence-corrected chi connectivity index (χ4v) is 0.874. The van der Waals surface area contributed by atoms with Crippen LogP contribution in [0.1, 0.15) is 6.42 Å². The smallest absolute Gasteiger partial charge is 0.353 e. The van der Waals surface area contributed by atoms with Crippen molar-refractivity contribution in [2.45, 2.75) is 18.6 Å². The Morgan fingerprint density at radius 1 is 1.62 bits per heavy atom. The molecule has 0 saturated carbocycles. The molecule has 7 heteroatoms. The Hall–Kier alpha value is -1.63. The van der Waals surface area contributed by atoms with E-state index in [9.17, 15) is 9.59 Å². The minimum Gasteiger partial charge on any atom is -0.480 e. The Labute approximate surface area is 72.8 Å². The van der Waals surface area contributed by atoms with Crippen LogP contribution in [0.2, 0.25) is 0 Å². The molecule has 0 unspecified atom stereocenters. The molecule has 0 aromatic rings. The van der Waals surface area contributed by atoms with E-state index in [-0.39, 0.29) is 12.1 Å². The molecule has 7 nitrogen and oxygen atoms in total. The molecular formula is C6H8N2O5. The van der Waals surface area contributed by atoms with Crippen molar-refractivity contribution in [3.05, 3.63) is 0 Å². The van der Waals surface area contributed by atoms with Gasteiger partial charge < -0.3 is 20.8 Å². The van der Waals surface area contributed by atoms with Gasteiger partial charge in [0.25, 0.3) is 0 Å². The number of hydrogen-bond acceptors (Lipinski definition) is 5. The minimum atomic E-state index is -1.25. The van der Waals surface area contributed by atoms with Crippen LogP contribution < -0.4 is 5.73 Å². The Kier molecular flexibility index (Phi) is 2.47. The molecule has 0 aliphatic carbocycles. The predicted octanol–water partition coefficient (Wildman–Crippen LogP) is -1.37. The lowest BCUT2D eigenvalue weighted by molar-refractivity contribution is -0.142. The van der Waals surface area contributed by atoms with Gasteiger partial charge in [-0.2, -0.15) is 0 Å². The monoisotopic (exact) mass is 188 g/mol. The van der Waals surface area contributed by atoms with Crippen molar-refractivity contribution in [1.29, 1.82) is 0 Å². The summed E-state index contributed by atoms with van der Waals surface area (Å²) in [5.74, 6) is -2.47. The predicted molar refractivity (Wildman–Crippen MR) is 40.2 cm³/mol. The maximum Gasteiger partial charge on any atom is 0.353 e. The number of aliphatic carboxylic acids is 2. The van der Waals surface area contributed by atoms with Crippen LogP contribution in [0.25, 0.3) is 0 Å². The minimum absolute atomic E-state index is 0.0806. The number of rotatable bonds is 3. The van der Waals surface area contributed by atoms with E-state index >= 15 is 0 Å². The summed E-state index contributed by atoms with van der Waals surface area (Å²) >= 11 is 0. The summed E-state index contributed by atoms with van der Waals surface area (Å²) in [6, 6.07) is -1.25. The third-order valence-electron chi connectivity index (χ3n) is 1.63. The van der Waals surface area contributed by atoms with Crippen LogP contribution in [-0.4, -0.2) is 40.0 Å². The molecule has 13 heavy (non-hydrogen) atoms. The van der Waals surface area contributed by atoms with Crippen molar-refractivity contribution in [3.8, 4) is 0 Å². The quantitative estimate of drug-likeness (QED) is 0.502. The first kappa shape index (κ1) is 9.46. The molecule has 1 aliphatic rings. The Morgan fingerprint density at radius 3 is 2.62 bits per heavy atom. The van der Waals surface area contributed by atoms with Gasteiger partial charge >= 0.3 is 11.9 Å². The van der Waals surface area contributed by atoms with Crippen molar-refractivity contribution in [2.75, 3.05) is 0 Å². The summed E-state index contributed by atoms with van der Waals surface area (Å²) < 4.78 is 0. The van der Waals surface area contributed by atoms with Crippen molar-refractivity contribution < 1.29 is 24.6 Å². The number of oxime groups is 1. The van der Waals surface area contributed by atoms with Crippen LogP contribution in [0.3, 0.4) is 0 Å². The zero-order valence-corrected chi connectivity index (χ0v) is 6.51. The van der Waals surface area contributed by atoms with Crippen molar-refractivity contribution in [1.82, 2.24) is 0 Å². The van der Waals surface area contributed by atoms with Gasteiger partial charge in [0.2, 0.25) is 0 Å². The van der Waals surface area contributed by atoms with Crippen molar-refractivity contribution in [3.63, 3.8) is 0 Å². The number of nitrogens with two attached hydrogens (primary N) is 1. The molecule has 2 atom stereocenters. The molecule has 0 amide bonds. The molecule has 1 heterocycles. The number of carbonyl (C=O) groups is 2. The van der Waals surface area contributed by atoms with E-state index in [4.69, 9.17) is 15.9 Å². The summed E-state index contributed by atoms with van der Waals surface area (Å²) in [4.78, 5) is 25.3. The van der Waals surface area contributed by atoms with Crippen LogP contribution in [0.4, 0.5) is 0 Å². The number of carboxylic acids is 2. The lowest BCUT2D eigenvalue weighted by Crippen LogP contribution is -2.42. The highest BCUT2D eigenvalue weighted by atomic mass is 16.6. The van der Waals surface area contributed by atoms with Gasteiger partial charge in [-0.3, -0.25) is 4.79 Å². The standard InChI is InChI=1S/C6H8N2O5/c7-4(6(11)12)3-1-2(5(9)10)8-13-3/h3-4H,1,7H2,(H,9,10)(H,11,12)/t3-,4-/m1/s1. The summed E-state index contributed by atoms with van der Waals surface area (Å²) in [5, 5.41) is 20.1. The van der Waals surface area contributed by atoms with Gasteiger partial charge in [-0.05, 0) is 0 Å². The lowest BCUT2D eigenvalue weighted by atomic mass is 10.1. The molecule has 0 fully saturated rings. The fourth-order valence-electron chi connectivity index (χ4n) is 0.874. The highest BCUT2D eigenvalue weighted by Crippen LogP contribution is 2.13. The molecule has 0 aromatic carbocycles. The molecule has 1 aliphatic heterocycles. The second kappa shape index (κ2) is 3.40. The van der Waals surface area contributed by atoms with Crippen LogP contribution in [0, 0.1) is 0 Å². The summed E-state index contributed by atoms with van der Waals surface area (Å²) in [7, 11) is 0. The number of nitrogens with zero attached hydrogens (tertiary/aromatic N) is 1. The topological polar surface area (TPSA) is 122 Å². The van der Waals surface area contributed by atoms with Crippen LogP contribution in [0.5, 0.6) is 0 Å². The molecule has 72 valence electrons. The molecule has 0 radical (unpaired) electrons. The number of hydrogen-bond donors (Lipinski definition) is 3. The van der Waals surface area contributed by atoms with E-state index in [0.29, 0.717) is 0 Å². The maximum atomic E-state index is 10.4. The average Bonchev–Trinajstić information content (AvgIpc) is 2.50. The maximum absolute atomic E-state index is 10.4. The molecule has 0 spiro atoms. The van der Waals surface area contributed by atoms with Gasteiger partial charge in [-0.1, -0.05) is 5.16 Å². The van der Waals surface area contributed by atoms with Gasteiger partial charge in [0.15, 0.2) is 11.8 Å². The third kappa shape index (κ3) is 1.94. The zero-order valence-electron chi connectivity index (χ0n) is 6.51. The molecule has 0 bridgehead atoms. The zero-order chi connectivity index (χ0) is 10.0. The molecular weight excluding hydrogens is 180 g/mol. The lowest BCUT2D eigenvalue weighted by Gasteiger charge is -2.11. The molecule has 4 N–H and O–H groups in total. The second-order valence-corrected chi connectivity index (χ2v) is 2.56. The van der Waals surface area contributed by atoms with Gasteiger partial charge in [0.05, 0.1) is 0 Å². The van der Waals surface area contributed by atoms with Crippen LogP contribution in [-0.2, 0) is 14.4 Å². The Morgan fingerprint density at radius 2 is 2.23 bits per heavy atom. The Balaban J connectivity index is 2.55. The van der Waals surface area contributed by atoms with E-state index in [1.165, 1.54) is 0 Å². The largest absolute Gasteiger partial charge is 0.480 e. The molecule has 0 saturated heterocycles. The van der Waals surface area contributed by atoms with Gasteiger partial charge in [0.1, 0.15) is 6.04 Å². The highest BCUT2D eigenvalue weighted by Gasteiger charge is 2.34. The normalized spacial score (nSPS) is 23.2. The summed E-state index contributed by atoms with van der Waals surface area (Å²) in [6.45, 7) is 0. The first-order chi connectivity index (χ1) is 6.02. The summed E-state index contributed by atoms with van der Waals surface area (Å²) in [5.41, 5.74) is 4.99. The first-order valence-electron chi connectivity index (χ1n) is 3.46. The van der Waals surface area contributed by atoms with E-state index in [2.05, 4.69) is 9.99 Å². The summed E-state index contributed by atoms with van der Waals surface area (Å²) in [6.07, 6.45) is -0.966. The third-order valence-corrected chi connectivity index (χ3v) is 1.63. The molecule has 1 rings (SSSR count). The van der Waals surface area contributed by atoms with E-state index in [0.717, 1.165) is 0 Å². The van der Waals surface area contributed by atoms with Crippen molar-refractivity contribution >= 4 is 17.7 Å². The van der Waals surface area contributed by atoms with Gasteiger partial charge in [-0.15, -0.1) is 0 Å². The van der Waals surface area contributed by atoms with Crippen LogP contribution in [0.15, 0.2) is 5.16 Å². The molecule has 0 aromatic heterocycles. The van der Waals surface area contributed by atoms with Crippen LogP contribution >= 0.6 is 0 Å². The Bertz CT molecular complexity index is 274. The van der Waals surface area contributed by atoms with Crippen molar-refractivity contribution in [2.24, 2.45) is 10.9 Å². The average molecular weight is 188 g/mol.